The zero-order valence-corrected chi connectivity index (χ0v) is 24.6. The first-order valence-electron chi connectivity index (χ1n) is 15.4. The third-order valence-corrected chi connectivity index (χ3v) is 8.99. The van der Waals surface area contributed by atoms with Crippen LogP contribution in [0.15, 0.2) is 170 Å². The van der Waals surface area contributed by atoms with Crippen LogP contribution in [0.2, 0.25) is 0 Å². The predicted molar refractivity (Wildman–Crippen MR) is 192 cm³/mol. The molecule has 8 aromatic carbocycles. The second kappa shape index (κ2) is 10.3. The van der Waals surface area contributed by atoms with E-state index in [2.05, 4.69) is 175 Å². The fraction of sp³-hybridized carbons (Fsp3) is 0. The van der Waals surface area contributed by atoms with Crippen LogP contribution < -0.4 is 4.90 Å². The average Bonchev–Trinajstić information content (AvgIpc) is 3.12. The lowest BCUT2D eigenvalue weighted by molar-refractivity contribution is 1.22. The molecule has 45 heavy (non-hydrogen) atoms. The van der Waals surface area contributed by atoms with Crippen molar-refractivity contribution in [3.8, 4) is 11.1 Å². The van der Waals surface area contributed by atoms with Crippen LogP contribution in [0, 0.1) is 0 Å². The van der Waals surface area contributed by atoms with Crippen LogP contribution in [0.3, 0.4) is 0 Å². The minimum atomic E-state index is 0.888. The second-order valence-corrected chi connectivity index (χ2v) is 11.5. The van der Waals surface area contributed by atoms with E-state index in [1.807, 2.05) is 0 Å². The SMILES string of the molecule is c1ccc(N(c2ccc3ccccc3n2)c2c3ccccc3c(-c3cc4ccccc4c4ccccc34)c3ccccc23)cc1. The summed E-state index contributed by atoms with van der Waals surface area (Å²) in [6.07, 6.45) is 0. The van der Waals surface area contributed by atoms with E-state index in [1.165, 1.54) is 54.2 Å². The molecule has 0 bridgehead atoms. The second-order valence-electron chi connectivity index (χ2n) is 11.5. The maximum absolute atomic E-state index is 5.22. The maximum atomic E-state index is 5.22. The molecule has 2 nitrogen and oxygen atoms in total. The molecule has 1 aromatic heterocycles. The molecule has 0 unspecified atom stereocenters. The van der Waals surface area contributed by atoms with Gasteiger partial charge in [0.1, 0.15) is 5.82 Å². The van der Waals surface area contributed by atoms with Gasteiger partial charge >= 0.3 is 0 Å². The lowest BCUT2D eigenvalue weighted by Gasteiger charge is -2.29. The standard InChI is InChI=1S/C43H28N2/c1-2-16-31(17-3-1)45(41-27-26-29-14-5-13-25-40(29)44-41)43-37-23-11-9-21-35(37)42(36-22-10-12-24-38(36)43)39-28-30-15-4-6-18-32(30)33-19-7-8-20-34(33)39/h1-28H. The Morgan fingerprint density at radius 2 is 0.911 bits per heavy atom. The van der Waals surface area contributed by atoms with Crippen molar-refractivity contribution in [3.05, 3.63) is 170 Å². The quantitative estimate of drug-likeness (QED) is 0.154. The zero-order valence-electron chi connectivity index (χ0n) is 24.6. The fourth-order valence-electron chi connectivity index (χ4n) is 7.03. The summed E-state index contributed by atoms with van der Waals surface area (Å²) in [6.45, 7) is 0. The first-order chi connectivity index (χ1) is 22.3. The topological polar surface area (TPSA) is 16.1 Å². The highest BCUT2D eigenvalue weighted by Crippen LogP contribution is 2.49. The van der Waals surface area contributed by atoms with Gasteiger partial charge in [-0.15, -0.1) is 0 Å². The van der Waals surface area contributed by atoms with E-state index in [0.29, 0.717) is 0 Å². The van der Waals surface area contributed by atoms with Gasteiger partial charge in [-0.25, -0.2) is 4.98 Å². The van der Waals surface area contributed by atoms with E-state index in [-0.39, 0.29) is 0 Å². The highest BCUT2D eigenvalue weighted by atomic mass is 15.2. The minimum absolute atomic E-state index is 0.888. The third-order valence-electron chi connectivity index (χ3n) is 8.99. The zero-order chi connectivity index (χ0) is 29.7. The molecule has 0 radical (unpaired) electrons. The molecule has 0 aliphatic heterocycles. The Labute approximate surface area is 261 Å². The van der Waals surface area contributed by atoms with Crippen molar-refractivity contribution in [2.24, 2.45) is 0 Å². The van der Waals surface area contributed by atoms with Gasteiger partial charge in [-0.2, -0.15) is 0 Å². The average molecular weight is 573 g/mol. The van der Waals surface area contributed by atoms with Crippen LogP contribution in [0.1, 0.15) is 0 Å². The maximum Gasteiger partial charge on any atom is 0.138 e. The highest BCUT2D eigenvalue weighted by molar-refractivity contribution is 6.26. The van der Waals surface area contributed by atoms with E-state index in [4.69, 9.17) is 4.98 Å². The Balaban J connectivity index is 1.43. The number of anilines is 3. The van der Waals surface area contributed by atoms with Gasteiger partial charge in [-0.1, -0.05) is 133 Å². The molecular weight excluding hydrogens is 544 g/mol. The van der Waals surface area contributed by atoms with Crippen LogP contribution in [0.25, 0.3) is 65.1 Å². The molecular formula is C43H28N2. The van der Waals surface area contributed by atoms with Crippen molar-refractivity contribution < 1.29 is 0 Å². The number of hydrogen-bond acceptors (Lipinski definition) is 2. The number of hydrogen-bond donors (Lipinski definition) is 0. The summed E-state index contributed by atoms with van der Waals surface area (Å²) in [4.78, 5) is 7.56. The molecule has 0 saturated heterocycles. The molecule has 0 aliphatic rings. The first kappa shape index (κ1) is 25.5. The lowest BCUT2D eigenvalue weighted by atomic mass is 9.86. The number of benzene rings is 8. The lowest BCUT2D eigenvalue weighted by Crippen LogP contribution is -2.13. The Hall–Kier alpha value is -5.99. The summed E-state index contributed by atoms with van der Waals surface area (Å²) in [6, 6.07) is 60.9. The summed E-state index contributed by atoms with van der Waals surface area (Å²) in [5, 5.41) is 11.0. The number of rotatable bonds is 4. The van der Waals surface area contributed by atoms with Crippen molar-refractivity contribution in [1.29, 1.82) is 0 Å². The number of para-hydroxylation sites is 2. The Morgan fingerprint density at radius 1 is 0.378 bits per heavy atom. The van der Waals surface area contributed by atoms with Crippen LogP contribution in [-0.4, -0.2) is 4.98 Å². The van der Waals surface area contributed by atoms with Gasteiger partial charge in [0.15, 0.2) is 0 Å². The Bertz CT molecular complexity index is 2490. The molecule has 0 spiro atoms. The predicted octanol–water partition coefficient (Wildman–Crippen LogP) is 12.0. The van der Waals surface area contributed by atoms with Crippen molar-refractivity contribution >= 4 is 71.2 Å². The van der Waals surface area contributed by atoms with Gasteiger partial charge in [0.2, 0.25) is 0 Å². The first-order valence-corrected chi connectivity index (χ1v) is 15.4. The molecule has 210 valence electrons. The summed E-state index contributed by atoms with van der Waals surface area (Å²) < 4.78 is 0. The van der Waals surface area contributed by atoms with Crippen molar-refractivity contribution in [3.63, 3.8) is 0 Å². The van der Waals surface area contributed by atoms with Gasteiger partial charge in [0, 0.05) is 21.8 Å². The van der Waals surface area contributed by atoms with Gasteiger partial charge < -0.3 is 0 Å². The summed E-state index contributed by atoms with van der Waals surface area (Å²) in [5.74, 6) is 0.888. The van der Waals surface area contributed by atoms with Gasteiger partial charge in [-0.3, -0.25) is 4.90 Å². The Kier molecular flexibility index (Phi) is 5.85. The van der Waals surface area contributed by atoms with E-state index in [9.17, 15) is 0 Å². The third kappa shape index (κ3) is 4.07. The van der Waals surface area contributed by atoms with E-state index < -0.39 is 0 Å². The van der Waals surface area contributed by atoms with Crippen LogP contribution in [0.4, 0.5) is 17.2 Å². The number of fused-ring (bicyclic) bond motifs is 6. The van der Waals surface area contributed by atoms with Gasteiger partial charge in [-0.05, 0) is 79.8 Å². The smallest absolute Gasteiger partial charge is 0.138 e. The molecule has 0 amide bonds. The molecule has 0 aliphatic carbocycles. The highest BCUT2D eigenvalue weighted by Gasteiger charge is 2.23. The van der Waals surface area contributed by atoms with Crippen molar-refractivity contribution in [2.45, 2.75) is 0 Å². The summed E-state index contributed by atoms with van der Waals surface area (Å²) >= 11 is 0. The number of pyridine rings is 1. The van der Waals surface area contributed by atoms with E-state index >= 15 is 0 Å². The van der Waals surface area contributed by atoms with Crippen molar-refractivity contribution in [1.82, 2.24) is 4.98 Å². The van der Waals surface area contributed by atoms with Gasteiger partial charge in [0.25, 0.3) is 0 Å². The Morgan fingerprint density at radius 3 is 1.62 bits per heavy atom. The molecule has 0 fully saturated rings. The molecule has 9 aromatic rings. The molecule has 2 heteroatoms. The van der Waals surface area contributed by atoms with E-state index in [1.54, 1.807) is 0 Å². The fourth-order valence-corrected chi connectivity index (χ4v) is 7.03. The monoisotopic (exact) mass is 572 g/mol. The largest absolute Gasteiger partial charge is 0.294 e. The molecule has 0 N–H and O–H groups in total. The number of nitrogens with zero attached hydrogens (tertiary/aromatic N) is 2. The van der Waals surface area contributed by atoms with Crippen LogP contribution >= 0.6 is 0 Å². The summed E-state index contributed by atoms with van der Waals surface area (Å²) in [7, 11) is 0. The molecule has 9 rings (SSSR count). The normalized spacial score (nSPS) is 11.6. The van der Waals surface area contributed by atoms with Crippen LogP contribution in [0.5, 0.6) is 0 Å². The summed E-state index contributed by atoms with van der Waals surface area (Å²) in [5.41, 5.74) is 5.68. The van der Waals surface area contributed by atoms with Crippen molar-refractivity contribution in [2.75, 3.05) is 4.90 Å². The van der Waals surface area contributed by atoms with Gasteiger partial charge in [0.05, 0.1) is 11.2 Å². The molecule has 0 atom stereocenters. The van der Waals surface area contributed by atoms with E-state index in [0.717, 1.165) is 28.1 Å². The minimum Gasteiger partial charge on any atom is -0.294 e. The van der Waals surface area contributed by atoms with Crippen LogP contribution in [-0.2, 0) is 0 Å². The number of aromatic nitrogens is 1. The molecule has 1 heterocycles. The molecule has 0 saturated carbocycles.